The summed E-state index contributed by atoms with van der Waals surface area (Å²) < 4.78 is 2.51. The fourth-order valence-electron chi connectivity index (χ4n) is 3.58. The van der Waals surface area contributed by atoms with Crippen molar-refractivity contribution in [2.24, 2.45) is 5.92 Å². The summed E-state index contributed by atoms with van der Waals surface area (Å²) in [5, 5.41) is 0. The van der Waals surface area contributed by atoms with Crippen LogP contribution in [0, 0.1) is 5.92 Å². The summed E-state index contributed by atoms with van der Waals surface area (Å²) in [6, 6.07) is 9.00. The summed E-state index contributed by atoms with van der Waals surface area (Å²) in [5.41, 5.74) is 7.31. The van der Waals surface area contributed by atoms with Crippen LogP contribution in [0.1, 0.15) is 65.5 Å². The van der Waals surface area contributed by atoms with Gasteiger partial charge in [-0.15, -0.1) is 0 Å². The summed E-state index contributed by atoms with van der Waals surface area (Å²) in [7, 11) is 0. The summed E-state index contributed by atoms with van der Waals surface area (Å²) in [5.74, 6) is 0.507. The van der Waals surface area contributed by atoms with E-state index in [1.165, 1.54) is 40.7 Å². The molecule has 1 nitrogen and oxygen atoms in total. The van der Waals surface area contributed by atoms with Gasteiger partial charge in [-0.25, -0.2) is 0 Å². The maximum atomic E-state index is 2.51. The van der Waals surface area contributed by atoms with E-state index < -0.39 is 0 Å². The van der Waals surface area contributed by atoms with Crippen LogP contribution in [0.2, 0.25) is 0 Å². The minimum Gasteiger partial charge on any atom is -1.00 e. The van der Waals surface area contributed by atoms with Gasteiger partial charge in [-0.2, -0.15) is 0 Å². The predicted octanol–water partition coefficient (Wildman–Crippen LogP) is -0.137. The van der Waals surface area contributed by atoms with Crippen molar-refractivity contribution in [2.75, 3.05) is 6.54 Å². The largest absolute Gasteiger partial charge is 1.00 e. The van der Waals surface area contributed by atoms with Crippen molar-refractivity contribution in [2.45, 2.75) is 59.9 Å². The molecule has 1 aliphatic rings. The number of benzene rings is 1. The Morgan fingerprint density at radius 1 is 1.12 bits per heavy atom. The van der Waals surface area contributed by atoms with Crippen LogP contribution in [0.3, 0.4) is 0 Å². The molecule has 0 radical (unpaired) electrons. The van der Waals surface area contributed by atoms with Crippen molar-refractivity contribution >= 4 is 5.57 Å². The van der Waals surface area contributed by atoms with Gasteiger partial charge in [-0.05, 0) is 0 Å². The Hall–Kier alpha value is -0.0457. The summed E-state index contributed by atoms with van der Waals surface area (Å²) in [4.78, 5) is 0. The van der Waals surface area contributed by atoms with Gasteiger partial charge in [-0.1, -0.05) is 0 Å². The van der Waals surface area contributed by atoms with Crippen molar-refractivity contribution < 1.29 is 45.5 Å². The smallest absolute Gasteiger partial charge is 1.00 e. The molecule has 137 valence electrons. The van der Waals surface area contributed by atoms with E-state index >= 15 is 0 Å². The molecular weight excluding hydrogens is 385 g/mol. The molecule has 25 heavy (non-hydrogen) atoms. The number of nitrogens with zero attached hydrogens (tertiary/aromatic N) is 1. The van der Waals surface area contributed by atoms with Gasteiger partial charge in [-0.3, -0.25) is 0 Å². The Morgan fingerprint density at radius 2 is 1.72 bits per heavy atom. The third kappa shape index (κ3) is 5.24. The van der Waals surface area contributed by atoms with Crippen LogP contribution in [-0.4, -0.2) is 9.93 Å². The number of rotatable bonds is 6. The van der Waals surface area contributed by atoms with Crippen LogP contribution >= 0.6 is 0 Å². The second-order valence-corrected chi connectivity index (χ2v) is 8.13. The number of halogens is 2. The van der Waals surface area contributed by atoms with Gasteiger partial charge in [0.25, 0.3) is 0 Å². The zero-order chi connectivity index (χ0) is 17.2. The third-order valence-electron chi connectivity index (χ3n) is 5.24. The van der Waals surface area contributed by atoms with Gasteiger partial charge < -0.3 is 24.8 Å². The van der Waals surface area contributed by atoms with Crippen molar-refractivity contribution in [3.8, 4) is 0 Å². The van der Waals surface area contributed by atoms with Gasteiger partial charge in [0, 0.05) is 0 Å². The molecule has 4 heteroatoms. The van der Waals surface area contributed by atoms with Crippen LogP contribution in [-0.2, 0) is 26.2 Å². The summed E-state index contributed by atoms with van der Waals surface area (Å²) in [6.45, 7) is 14.9. The van der Waals surface area contributed by atoms with Gasteiger partial charge in [0.1, 0.15) is 0 Å². The molecule has 0 saturated carbocycles. The number of allylic oxidation sites excluding steroid dienone is 4. The molecule has 0 saturated heterocycles. The van der Waals surface area contributed by atoms with E-state index in [0.29, 0.717) is 5.92 Å². The molecule has 0 aliphatic heterocycles. The minimum atomic E-state index is 0. The van der Waals surface area contributed by atoms with Crippen LogP contribution in [0.5, 0.6) is 0 Å². The van der Waals surface area contributed by atoms with Gasteiger partial charge in [0.15, 0.2) is 0 Å². The minimum absolute atomic E-state index is 0. The fraction of sp³-hybridized carbons (Fsp3) is 0.524. The molecule has 1 aromatic carbocycles. The predicted molar refractivity (Wildman–Crippen MR) is 96.6 cm³/mol. The Morgan fingerprint density at radius 3 is 2.24 bits per heavy atom. The molecule has 0 aromatic heterocycles. The molecule has 0 bridgehead atoms. The first-order chi connectivity index (χ1) is 10.8. The zero-order valence-corrected chi connectivity index (χ0v) is 19.4. The summed E-state index contributed by atoms with van der Waals surface area (Å²) >= 11 is 2.26. The van der Waals surface area contributed by atoms with E-state index in [0.717, 1.165) is 6.54 Å². The molecular formula is C21H30Cl2NTi. The number of hydrogen-bond acceptors (Lipinski definition) is 1. The molecule has 1 aromatic rings. The van der Waals surface area contributed by atoms with Crippen LogP contribution in [0.4, 0.5) is 0 Å². The topological polar surface area (TPSA) is 3.24 Å². The zero-order valence-electron chi connectivity index (χ0n) is 16.3. The van der Waals surface area contributed by atoms with Crippen molar-refractivity contribution in [1.82, 2.24) is 3.38 Å². The first kappa shape index (κ1) is 25.0. The molecule has 0 N–H and O–H groups in total. The average molecular weight is 415 g/mol. The quantitative estimate of drug-likeness (QED) is 0.586. The second kappa shape index (κ2) is 10.3. The van der Waals surface area contributed by atoms with E-state index in [2.05, 4.69) is 96.0 Å². The number of hydrogen-bond donors (Lipinski definition) is 0. The molecule has 1 atom stereocenters. The Kier molecular flexibility index (Phi) is 10.3. The van der Waals surface area contributed by atoms with E-state index in [1.54, 1.807) is 0 Å². The SMILES string of the molecule is CCCC[N]([Ti+2])C(C)(C)c1ccccc1C1=C(C)C(C)=CC1C.[Cl-].[Cl-]. The van der Waals surface area contributed by atoms with Crippen molar-refractivity contribution in [1.29, 1.82) is 0 Å². The first-order valence-electron chi connectivity index (χ1n) is 8.79. The molecule has 1 unspecified atom stereocenters. The standard InChI is InChI=1S/C21H30N.2ClH.Ti/c1-7-8-13-22-21(5,6)19-12-10-9-11-18(19)20-16(3)14-15(2)17(20)4;;;/h9-12,14,16H,7-8,13H2,1-6H3;2*1H;/q-1;;;+3/p-2. The van der Waals surface area contributed by atoms with Gasteiger partial charge in [0.2, 0.25) is 0 Å². The van der Waals surface area contributed by atoms with E-state index in [9.17, 15) is 0 Å². The molecule has 1 aliphatic carbocycles. The van der Waals surface area contributed by atoms with E-state index in [4.69, 9.17) is 0 Å². The Labute approximate surface area is 178 Å². The maximum absolute atomic E-state index is 2.51. The van der Waals surface area contributed by atoms with E-state index in [-0.39, 0.29) is 30.4 Å². The summed E-state index contributed by atoms with van der Waals surface area (Å²) in [6.07, 6.45) is 4.89. The Balaban J connectivity index is 0.00000288. The monoisotopic (exact) mass is 414 g/mol. The van der Waals surface area contributed by atoms with Crippen LogP contribution in [0.25, 0.3) is 5.57 Å². The van der Waals surface area contributed by atoms with E-state index in [1.807, 2.05) is 0 Å². The maximum Gasteiger partial charge on any atom is -1.00 e. The molecule has 0 fully saturated rings. The third-order valence-corrected chi connectivity index (χ3v) is 6.46. The van der Waals surface area contributed by atoms with Gasteiger partial charge in [0.05, 0.1) is 0 Å². The first-order valence-corrected chi connectivity index (χ1v) is 9.48. The van der Waals surface area contributed by atoms with Crippen molar-refractivity contribution in [3.05, 3.63) is 52.6 Å². The Bertz CT molecular complexity index is 635. The van der Waals surface area contributed by atoms with Crippen molar-refractivity contribution in [3.63, 3.8) is 0 Å². The second-order valence-electron chi connectivity index (χ2n) is 7.29. The molecule has 0 spiro atoms. The molecule has 0 amide bonds. The van der Waals surface area contributed by atoms with Gasteiger partial charge >= 0.3 is 155 Å². The van der Waals surface area contributed by atoms with Crippen LogP contribution < -0.4 is 24.8 Å². The normalized spacial score (nSPS) is 17.3. The molecule has 0 heterocycles. The average Bonchev–Trinajstić information content (AvgIpc) is 2.77. The molecule has 2 rings (SSSR count). The number of unbranched alkanes of at least 4 members (excludes halogenated alkanes) is 1. The fourth-order valence-corrected chi connectivity index (χ4v) is 4.01. The van der Waals surface area contributed by atoms with Crippen LogP contribution in [0.15, 0.2) is 41.5 Å².